The maximum Gasteiger partial charge on any atom is 0.291 e. The number of halogens is 1. The molecule has 0 unspecified atom stereocenters. The van der Waals surface area contributed by atoms with E-state index in [2.05, 4.69) is 20.2 Å². The first kappa shape index (κ1) is 16.7. The number of carbonyl (C=O) groups excluding carboxylic acids is 1. The van der Waals surface area contributed by atoms with Crippen molar-refractivity contribution < 1.29 is 13.2 Å². The van der Waals surface area contributed by atoms with E-state index in [9.17, 15) is 13.2 Å². The zero-order valence-corrected chi connectivity index (χ0v) is 14.1. The van der Waals surface area contributed by atoms with Crippen LogP contribution in [0.5, 0.6) is 0 Å². The molecule has 2 rings (SSSR count). The van der Waals surface area contributed by atoms with Crippen molar-refractivity contribution in [2.45, 2.75) is 24.6 Å². The minimum absolute atomic E-state index is 0.139. The van der Waals surface area contributed by atoms with Crippen molar-refractivity contribution in [3.05, 3.63) is 28.8 Å². The lowest BCUT2D eigenvalue weighted by molar-refractivity contribution is -0.115. The second-order valence-corrected chi connectivity index (χ2v) is 7.61. The van der Waals surface area contributed by atoms with Gasteiger partial charge < -0.3 is 5.32 Å². The highest BCUT2D eigenvalue weighted by molar-refractivity contribution is 7.94. The predicted octanol–water partition coefficient (Wildman–Crippen LogP) is 2.65. The summed E-state index contributed by atoms with van der Waals surface area (Å²) in [6.45, 7) is 3.41. The van der Waals surface area contributed by atoms with Crippen LogP contribution in [0.15, 0.2) is 22.5 Å². The maximum atomic E-state index is 12.3. The molecule has 0 aliphatic carbocycles. The Kier molecular flexibility index (Phi) is 4.99. The number of rotatable bonds is 5. The van der Waals surface area contributed by atoms with E-state index in [1.165, 1.54) is 0 Å². The van der Waals surface area contributed by atoms with Gasteiger partial charge >= 0.3 is 0 Å². The number of hydrogen-bond donors (Lipinski definition) is 2. The van der Waals surface area contributed by atoms with E-state index in [1.54, 1.807) is 32.0 Å². The van der Waals surface area contributed by atoms with Crippen LogP contribution in [0.2, 0.25) is 5.02 Å². The number of nitrogens with one attached hydrogen (secondary N) is 2. The van der Waals surface area contributed by atoms with E-state index in [0.717, 1.165) is 11.3 Å². The van der Waals surface area contributed by atoms with Crippen LogP contribution < -0.4 is 10.0 Å². The van der Waals surface area contributed by atoms with Crippen molar-refractivity contribution in [1.82, 2.24) is 10.2 Å². The van der Waals surface area contributed by atoms with Gasteiger partial charge in [-0.1, -0.05) is 29.9 Å². The summed E-state index contributed by atoms with van der Waals surface area (Å²) in [6, 6.07) is 4.79. The van der Waals surface area contributed by atoms with E-state index < -0.39 is 10.0 Å². The summed E-state index contributed by atoms with van der Waals surface area (Å²) >= 11 is 6.61. The van der Waals surface area contributed by atoms with Crippen LogP contribution in [-0.2, 0) is 14.8 Å². The van der Waals surface area contributed by atoms with Crippen LogP contribution in [0.3, 0.4) is 0 Å². The van der Waals surface area contributed by atoms with Gasteiger partial charge in [0, 0.05) is 11.4 Å². The SMILES string of the molecule is CCC(=O)Nc1nnc(S(=O)(=O)Nc2ccc(Cl)cc2C)s1. The Labute approximate surface area is 136 Å². The number of carbonyl (C=O) groups is 1. The summed E-state index contributed by atoms with van der Waals surface area (Å²) in [5, 5.41) is 10.4. The molecule has 0 atom stereocenters. The van der Waals surface area contributed by atoms with Crippen molar-refractivity contribution in [3.8, 4) is 0 Å². The monoisotopic (exact) mass is 360 g/mol. The van der Waals surface area contributed by atoms with Crippen LogP contribution >= 0.6 is 22.9 Å². The molecule has 1 aromatic carbocycles. The number of aryl methyl sites for hydroxylation is 1. The molecule has 0 aliphatic heterocycles. The molecule has 0 aliphatic rings. The molecule has 0 spiro atoms. The Hall–Kier alpha value is -1.71. The molecule has 0 saturated heterocycles. The van der Waals surface area contributed by atoms with E-state index in [1.807, 2.05) is 0 Å². The number of benzene rings is 1. The Morgan fingerprint density at radius 1 is 1.36 bits per heavy atom. The number of anilines is 2. The van der Waals surface area contributed by atoms with Gasteiger partial charge in [-0.3, -0.25) is 9.52 Å². The number of nitrogens with zero attached hydrogens (tertiary/aromatic N) is 2. The van der Waals surface area contributed by atoms with Crippen molar-refractivity contribution in [2.24, 2.45) is 0 Å². The minimum atomic E-state index is -3.87. The van der Waals surface area contributed by atoms with Gasteiger partial charge in [0.05, 0.1) is 5.69 Å². The van der Waals surface area contributed by atoms with Crippen molar-refractivity contribution in [1.29, 1.82) is 0 Å². The Morgan fingerprint density at radius 2 is 2.09 bits per heavy atom. The summed E-state index contributed by atoms with van der Waals surface area (Å²) in [4.78, 5) is 11.3. The number of aromatic nitrogens is 2. The second-order valence-electron chi connectivity index (χ2n) is 4.34. The third kappa shape index (κ3) is 3.93. The Morgan fingerprint density at radius 3 is 2.73 bits per heavy atom. The first-order valence-electron chi connectivity index (χ1n) is 6.24. The van der Waals surface area contributed by atoms with Gasteiger partial charge in [-0.25, -0.2) is 0 Å². The van der Waals surface area contributed by atoms with Gasteiger partial charge in [-0.15, -0.1) is 10.2 Å². The summed E-state index contributed by atoms with van der Waals surface area (Å²) in [5.41, 5.74) is 1.08. The number of sulfonamides is 1. The van der Waals surface area contributed by atoms with Crippen LogP contribution in [-0.4, -0.2) is 24.5 Å². The van der Waals surface area contributed by atoms with E-state index >= 15 is 0 Å². The molecule has 0 saturated carbocycles. The molecule has 7 nitrogen and oxygen atoms in total. The number of amides is 1. The molecule has 1 heterocycles. The lowest BCUT2D eigenvalue weighted by Gasteiger charge is -2.08. The largest absolute Gasteiger partial charge is 0.301 e. The van der Waals surface area contributed by atoms with E-state index in [-0.39, 0.29) is 21.8 Å². The second kappa shape index (κ2) is 6.59. The van der Waals surface area contributed by atoms with Gasteiger partial charge in [-0.2, -0.15) is 8.42 Å². The molecule has 0 radical (unpaired) electrons. The molecule has 2 N–H and O–H groups in total. The fourth-order valence-electron chi connectivity index (χ4n) is 1.51. The van der Waals surface area contributed by atoms with Gasteiger partial charge in [0.1, 0.15) is 0 Å². The van der Waals surface area contributed by atoms with E-state index in [0.29, 0.717) is 16.3 Å². The van der Waals surface area contributed by atoms with Crippen LogP contribution in [0.1, 0.15) is 18.9 Å². The van der Waals surface area contributed by atoms with Gasteiger partial charge in [0.25, 0.3) is 14.4 Å². The maximum absolute atomic E-state index is 12.3. The van der Waals surface area contributed by atoms with Gasteiger partial charge in [0.15, 0.2) is 0 Å². The first-order chi connectivity index (χ1) is 10.3. The quantitative estimate of drug-likeness (QED) is 0.798. The third-order valence-electron chi connectivity index (χ3n) is 2.64. The highest BCUT2D eigenvalue weighted by atomic mass is 35.5. The van der Waals surface area contributed by atoms with Crippen LogP contribution in [0.25, 0.3) is 0 Å². The van der Waals surface area contributed by atoms with Crippen molar-refractivity contribution in [3.63, 3.8) is 0 Å². The van der Waals surface area contributed by atoms with Crippen molar-refractivity contribution >= 4 is 49.7 Å². The summed E-state index contributed by atoms with van der Waals surface area (Å²) in [7, 11) is -3.87. The molecule has 10 heteroatoms. The smallest absolute Gasteiger partial charge is 0.291 e. The normalized spacial score (nSPS) is 11.2. The lowest BCUT2D eigenvalue weighted by atomic mass is 10.2. The highest BCUT2D eigenvalue weighted by Crippen LogP contribution is 2.25. The fourth-order valence-corrected chi connectivity index (χ4v) is 3.78. The highest BCUT2D eigenvalue weighted by Gasteiger charge is 2.21. The minimum Gasteiger partial charge on any atom is -0.301 e. The Bertz CT molecular complexity index is 804. The lowest BCUT2D eigenvalue weighted by Crippen LogP contribution is -2.13. The van der Waals surface area contributed by atoms with Crippen molar-refractivity contribution in [2.75, 3.05) is 10.0 Å². The molecular formula is C12H13ClN4O3S2. The van der Waals surface area contributed by atoms with Gasteiger partial charge in [-0.05, 0) is 30.7 Å². The molecule has 0 fully saturated rings. The molecular weight excluding hydrogens is 348 g/mol. The van der Waals surface area contributed by atoms with Crippen LogP contribution in [0.4, 0.5) is 10.8 Å². The molecule has 0 bridgehead atoms. The topological polar surface area (TPSA) is 101 Å². The summed E-state index contributed by atoms with van der Waals surface area (Å²) in [6.07, 6.45) is 0.268. The number of hydrogen-bond acceptors (Lipinski definition) is 6. The van der Waals surface area contributed by atoms with E-state index in [4.69, 9.17) is 11.6 Å². The van der Waals surface area contributed by atoms with Gasteiger partial charge in [0.2, 0.25) is 11.0 Å². The van der Waals surface area contributed by atoms with Crippen LogP contribution in [0, 0.1) is 6.92 Å². The average molecular weight is 361 g/mol. The first-order valence-corrected chi connectivity index (χ1v) is 8.92. The fraction of sp³-hybridized carbons (Fsp3) is 0.250. The average Bonchev–Trinajstić information content (AvgIpc) is 2.91. The zero-order valence-electron chi connectivity index (χ0n) is 11.8. The molecule has 2 aromatic rings. The third-order valence-corrected chi connectivity index (χ3v) is 5.44. The summed E-state index contributed by atoms with van der Waals surface area (Å²) < 4.78 is 26.7. The summed E-state index contributed by atoms with van der Waals surface area (Å²) in [5.74, 6) is -0.262. The standard InChI is InChI=1S/C12H13ClN4O3S2/c1-3-10(18)14-11-15-16-12(21-11)22(19,20)17-9-5-4-8(13)6-7(9)2/h4-6,17H,3H2,1-2H3,(H,14,15,18). The molecule has 118 valence electrons. The predicted molar refractivity (Wildman–Crippen MR) is 85.8 cm³/mol. The molecule has 22 heavy (non-hydrogen) atoms. The zero-order chi connectivity index (χ0) is 16.3. The Balaban J connectivity index is 2.21. The molecule has 1 aromatic heterocycles. The molecule has 1 amide bonds.